The summed E-state index contributed by atoms with van der Waals surface area (Å²) in [5, 5.41) is 15.6. The van der Waals surface area contributed by atoms with Gasteiger partial charge in [-0.2, -0.15) is 15.0 Å². The van der Waals surface area contributed by atoms with E-state index in [2.05, 4.69) is 75.0 Å². The molecule has 0 saturated carbocycles. The van der Waals surface area contributed by atoms with Gasteiger partial charge >= 0.3 is 0 Å². The van der Waals surface area contributed by atoms with Gasteiger partial charge in [-0.25, -0.2) is 0 Å². The second-order valence-corrected chi connectivity index (χ2v) is 10.9. The van der Waals surface area contributed by atoms with E-state index in [1.54, 1.807) is 0 Å². The Hall–Kier alpha value is -1.99. The van der Waals surface area contributed by atoms with Crippen LogP contribution in [0, 0.1) is 0 Å². The Bertz CT molecular complexity index is 849. The van der Waals surface area contributed by atoms with Crippen molar-refractivity contribution in [2.75, 3.05) is 16.8 Å². The van der Waals surface area contributed by atoms with Crippen LogP contribution in [0.1, 0.15) is 52.7 Å². The molecule has 0 saturated heterocycles. The lowest BCUT2D eigenvalue weighted by atomic mass is 9.79. The first-order chi connectivity index (χ1) is 14.0. The Labute approximate surface area is 188 Å². The van der Waals surface area contributed by atoms with Crippen molar-refractivity contribution >= 4 is 35.2 Å². The smallest absolute Gasteiger partial charge is 0.232 e. The highest BCUT2D eigenvalue weighted by molar-refractivity contribution is 7.99. The summed E-state index contributed by atoms with van der Waals surface area (Å²) in [5.41, 5.74) is 2.18. The molecule has 7 heteroatoms. The predicted octanol–water partition coefficient (Wildman–Crippen LogP) is 6.47. The highest BCUT2D eigenvalue weighted by Crippen LogP contribution is 2.41. The fourth-order valence-corrected chi connectivity index (χ4v) is 3.96. The van der Waals surface area contributed by atoms with E-state index in [9.17, 15) is 5.11 Å². The summed E-state index contributed by atoms with van der Waals surface area (Å²) in [5.74, 6) is 2.27. The molecule has 0 unspecified atom stereocenters. The standard InChI is InChI=1S/C23H32N4OS2/c1-9-11-29-20-25-19(26-21(27-20)30-12-10-2)24-15-13-16(22(3,4)5)18(28)17(14-15)23(6,7)8/h9-10,13-14,28H,1-2,11-12H2,3-8H3,(H,24,25,26,27). The molecule has 0 aliphatic carbocycles. The largest absolute Gasteiger partial charge is 0.507 e. The van der Waals surface area contributed by atoms with Crippen molar-refractivity contribution in [1.82, 2.24) is 15.0 Å². The summed E-state index contributed by atoms with van der Waals surface area (Å²) in [6.07, 6.45) is 3.65. The first kappa shape index (κ1) is 24.3. The maximum atomic E-state index is 10.9. The third-order valence-electron chi connectivity index (χ3n) is 4.24. The van der Waals surface area contributed by atoms with Crippen LogP contribution >= 0.6 is 23.5 Å². The normalized spacial score (nSPS) is 11.9. The third kappa shape index (κ3) is 6.51. The van der Waals surface area contributed by atoms with Gasteiger partial charge < -0.3 is 10.4 Å². The fourth-order valence-electron chi connectivity index (χ4n) is 2.77. The van der Waals surface area contributed by atoms with Crippen molar-refractivity contribution < 1.29 is 5.11 Å². The first-order valence-corrected chi connectivity index (χ1v) is 11.8. The number of hydrogen-bond acceptors (Lipinski definition) is 7. The lowest BCUT2D eigenvalue weighted by molar-refractivity contribution is 0.423. The van der Waals surface area contributed by atoms with Crippen LogP contribution in [0.15, 0.2) is 47.8 Å². The van der Waals surface area contributed by atoms with Gasteiger partial charge in [-0.05, 0) is 23.0 Å². The molecule has 0 amide bonds. The Morgan fingerprint density at radius 2 is 1.30 bits per heavy atom. The average Bonchev–Trinajstić information content (AvgIpc) is 2.64. The maximum Gasteiger partial charge on any atom is 0.232 e. The number of anilines is 2. The molecule has 2 rings (SSSR count). The molecule has 30 heavy (non-hydrogen) atoms. The molecule has 0 fully saturated rings. The number of aromatic nitrogens is 3. The van der Waals surface area contributed by atoms with Gasteiger partial charge in [0.2, 0.25) is 5.95 Å². The number of nitrogens with one attached hydrogen (secondary N) is 1. The Kier molecular flexibility index (Phi) is 7.99. The quantitative estimate of drug-likeness (QED) is 0.274. The van der Waals surface area contributed by atoms with Crippen LogP contribution in [0.2, 0.25) is 0 Å². The number of benzene rings is 1. The third-order valence-corrected chi connectivity index (χ3v) is 5.92. The molecule has 1 heterocycles. The molecule has 0 radical (unpaired) electrons. The van der Waals surface area contributed by atoms with Crippen molar-refractivity contribution in [2.45, 2.75) is 62.7 Å². The van der Waals surface area contributed by atoms with E-state index in [0.717, 1.165) is 28.3 Å². The van der Waals surface area contributed by atoms with Crippen molar-refractivity contribution in [1.29, 1.82) is 0 Å². The number of nitrogens with zero attached hydrogens (tertiary/aromatic N) is 3. The molecule has 162 valence electrons. The van der Waals surface area contributed by atoms with Gasteiger partial charge in [0, 0.05) is 28.3 Å². The Morgan fingerprint density at radius 3 is 1.67 bits per heavy atom. The zero-order valence-electron chi connectivity index (χ0n) is 18.7. The monoisotopic (exact) mass is 444 g/mol. The molecule has 2 N–H and O–H groups in total. The summed E-state index contributed by atoms with van der Waals surface area (Å²) in [4.78, 5) is 13.6. The highest BCUT2D eigenvalue weighted by atomic mass is 32.2. The Morgan fingerprint density at radius 1 is 0.867 bits per heavy atom. The maximum absolute atomic E-state index is 10.9. The minimum absolute atomic E-state index is 0.211. The number of aromatic hydroxyl groups is 1. The van der Waals surface area contributed by atoms with E-state index < -0.39 is 0 Å². The van der Waals surface area contributed by atoms with E-state index in [0.29, 0.717) is 22.0 Å². The topological polar surface area (TPSA) is 70.9 Å². The van der Waals surface area contributed by atoms with Crippen molar-refractivity contribution in [3.05, 3.63) is 48.6 Å². The highest BCUT2D eigenvalue weighted by Gasteiger charge is 2.26. The molecule has 0 atom stereocenters. The summed E-state index contributed by atoms with van der Waals surface area (Å²) in [6, 6.07) is 3.95. The molecule has 2 aromatic rings. The zero-order valence-corrected chi connectivity index (χ0v) is 20.4. The molecule has 0 bridgehead atoms. The molecule has 1 aromatic heterocycles. The van der Waals surface area contributed by atoms with Gasteiger partial charge in [0.15, 0.2) is 10.3 Å². The molecular weight excluding hydrogens is 412 g/mol. The first-order valence-electron chi connectivity index (χ1n) is 9.84. The van der Waals surface area contributed by atoms with Crippen LogP contribution in [0.5, 0.6) is 5.75 Å². The molecule has 0 aliphatic rings. The van der Waals surface area contributed by atoms with Crippen LogP contribution in [0.3, 0.4) is 0 Å². The van der Waals surface area contributed by atoms with E-state index in [-0.39, 0.29) is 10.8 Å². The minimum Gasteiger partial charge on any atom is -0.507 e. The molecule has 0 aliphatic heterocycles. The average molecular weight is 445 g/mol. The van der Waals surface area contributed by atoms with Crippen LogP contribution in [-0.2, 0) is 10.8 Å². The van der Waals surface area contributed by atoms with Gasteiger partial charge in [-0.15, -0.1) is 13.2 Å². The van der Waals surface area contributed by atoms with Gasteiger partial charge in [0.1, 0.15) is 5.75 Å². The van der Waals surface area contributed by atoms with E-state index >= 15 is 0 Å². The molecule has 0 spiro atoms. The SMILES string of the molecule is C=CCSc1nc(Nc2cc(C(C)(C)C)c(O)c(C(C)(C)C)c2)nc(SCC=C)n1. The van der Waals surface area contributed by atoms with Crippen LogP contribution in [0.4, 0.5) is 11.6 Å². The van der Waals surface area contributed by atoms with E-state index in [1.165, 1.54) is 23.5 Å². The number of rotatable bonds is 8. The van der Waals surface area contributed by atoms with Crippen molar-refractivity contribution in [3.8, 4) is 5.75 Å². The van der Waals surface area contributed by atoms with E-state index in [4.69, 9.17) is 0 Å². The number of hydrogen-bond donors (Lipinski definition) is 2. The van der Waals surface area contributed by atoms with Crippen molar-refractivity contribution in [2.24, 2.45) is 0 Å². The predicted molar refractivity (Wildman–Crippen MR) is 130 cm³/mol. The Balaban J connectivity index is 2.52. The van der Waals surface area contributed by atoms with Gasteiger partial charge in [-0.1, -0.05) is 77.2 Å². The van der Waals surface area contributed by atoms with Crippen LogP contribution in [-0.4, -0.2) is 31.6 Å². The molecule has 5 nitrogen and oxygen atoms in total. The fraction of sp³-hybridized carbons (Fsp3) is 0.435. The minimum atomic E-state index is -0.211. The van der Waals surface area contributed by atoms with Gasteiger partial charge in [-0.3, -0.25) is 0 Å². The summed E-state index contributed by atoms with van der Waals surface area (Å²) in [6.45, 7) is 20.1. The van der Waals surface area contributed by atoms with Crippen LogP contribution in [0.25, 0.3) is 0 Å². The van der Waals surface area contributed by atoms with Gasteiger partial charge in [0.25, 0.3) is 0 Å². The van der Waals surface area contributed by atoms with E-state index in [1.807, 2.05) is 24.3 Å². The van der Waals surface area contributed by atoms with Crippen molar-refractivity contribution in [3.63, 3.8) is 0 Å². The summed E-state index contributed by atoms with van der Waals surface area (Å²) >= 11 is 3.02. The van der Waals surface area contributed by atoms with Gasteiger partial charge in [0.05, 0.1) is 0 Å². The number of thioether (sulfide) groups is 2. The molecule has 1 aromatic carbocycles. The van der Waals surface area contributed by atoms with Crippen LogP contribution < -0.4 is 5.32 Å². The molecular formula is C23H32N4OS2. The zero-order chi connectivity index (χ0) is 22.5. The summed E-state index contributed by atoms with van der Waals surface area (Å²) < 4.78 is 0. The lowest BCUT2D eigenvalue weighted by Gasteiger charge is -2.28. The summed E-state index contributed by atoms with van der Waals surface area (Å²) in [7, 11) is 0. The second kappa shape index (κ2) is 9.88. The number of phenolic OH excluding ortho intramolecular Hbond substituents is 1. The number of phenols is 1. The second-order valence-electron chi connectivity index (χ2n) is 8.97. The lowest BCUT2D eigenvalue weighted by Crippen LogP contribution is -2.18.